The zero-order valence-electron chi connectivity index (χ0n) is 10.6. The number of hydrogen-bond donors (Lipinski definition) is 3. The Bertz CT molecular complexity index is 477. The van der Waals surface area contributed by atoms with Crippen LogP contribution in [0.15, 0.2) is 18.2 Å². The number of carbonyl (C=O) groups excluding carboxylic acids is 1. The molecule has 19 heavy (non-hydrogen) atoms. The maximum absolute atomic E-state index is 13.5. The number of amides is 1. The highest BCUT2D eigenvalue weighted by Gasteiger charge is 2.13. The van der Waals surface area contributed by atoms with Crippen LogP contribution in [0.4, 0.5) is 10.1 Å². The number of nitrogens with two attached hydrogens (primary N) is 1. The molecule has 0 heterocycles. The van der Waals surface area contributed by atoms with Crippen molar-refractivity contribution in [3.8, 4) is 0 Å². The monoisotopic (exact) mass is 268 g/mol. The Balaban J connectivity index is 2.49. The van der Waals surface area contributed by atoms with Crippen LogP contribution >= 0.6 is 0 Å². The van der Waals surface area contributed by atoms with Gasteiger partial charge in [0.2, 0.25) is 0 Å². The third-order valence-electron chi connectivity index (χ3n) is 2.70. The standard InChI is InChI=1S/C13H17FN2O3/c1-8(2-5-12(17)18)7-16-13(19)10-4-3-9(15)6-11(10)14/h3-4,6,8H,2,5,7,15H2,1H3,(H,16,19)(H,17,18). The number of anilines is 1. The zero-order chi connectivity index (χ0) is 14.4. The van der Waals surface area contributed by atoms with Crippen molar-refractivity contribution < 1.29 is 19.1 Å². The summed E-state index contributed by atoms with van der Waals surface area (Å²) in [5.41, 5.74) is 5.57. The van der Waals surface area contributed by atoms with Crippen LogP contribution < -0.4 is 11.1 Å². The fourth-order valence-corrected chi connectivity index (χ4v) is 1.55. The number of rotatable bonds is 6. The number of carboxylic acids is 1. The van der Waals surface area contributed by atoms with Crippen LogP contribution in [-0.4, -0.2) is 23.5 Å². The molecular weight excluding hydrogens is 251 g/mol. The van der Waals surface area contributed by atoms with Gasteiger partial charge in [-0.1, -0.05) is 6.92 Å². The number of halogens is 1. The molecule has 0 aromatic heterocycles. The molecular formula is C13H17FN2O3. The van der Waals surface area contributed by atoms with Crippen molar-refractivity contribution in [1.29, 1.82) is 0 Å². The van der Waals surface area contributed by atoms with Gasteiger partial charge in [0.1, 0.15) is 5.82 Å². The second-order valence-electron chi connectivity index (χ2n) is 4.49. The molecule has 0 saturated heterocycles. The first-order valence-electron chi connectivity index (χ1n) is 5.95. The van der Waals surface area contributed by atoms with Gasteiger partial charge in [0, 0.05) is 18.7 Å². The highest BCUT2D eigenvalue weighted by atomic mass is 19.1. The fourth-order valence-electron chi connectivity index (χ4n) is 1.55. The largest absolute Gasteiger partial charge is 0.481 e. The van der Waals surface area contributed by atoms with Crippen molar-refractivity contribution >= 4 is 17.6 Å². The number of hydrogen-bond acceptors (Lipinski definition) is 3. The van der Waals surface area contributed by atoms with E-state index in [9.17, 15) is 14.0 Å². The van der Waals surface area contributed by atoms with E-state index >= 15 is 0 Å². The van der Waals surface area contributed by atoms with Gasteiger partial charge < -0.3 is 16.2 Å². The lowest BCUT2D eigenvalue weighted by Crippen LogP contribution is -2.29. The quantitative estimate of drug-likeness (QED) is 0.684. The van der Waals surface area contributed by atoms with E-state index in [4.69, 9.17) is 10.8 Å². The summed E-state index contributed by atoms with van der Waals surface area (Å²) >= 11 is 0. The molecule has 5 nitrogen and oxygen atoms in total. The molecule has 1 rings (SSSR count). The van der Waals surface area contributed by atoms with E-state index < -0.39 is 17.7 Å². The van der Waals surface area contributed by atoms with Crippen molar-refractivity contribution in [3.63, 3.8) is 0 Å². The Kier molecular flexibility index (Phi) is 5.29. The number of nitrogen functional groups attached to an aromatic ring is 1. The van der Waals surface area contributed by atoms with Crippen LogP contribution in [-0.2, 0) is 4.79 Å². The van der Waals surface area contributed by atoms with Gasteiger partial charge in [0.15, 0.2) is 0 Å². The molecule has 0 aliphatic carbocycles. The van der Waals surface area contributed by atoms with E-state index in [1.54, 1.807) is 0 Å². The molecule has 1 unspecified atom stereocenters. The lowest BCUT2D eigenvalue weighted by molar-refractivity contribution is -0.137. The summed E-state index contributed by atoms with van der Waals surface area (Å²) in [4.78, 5) is 22.1. The van der Waals surface area contributed by atoms with Gasteiger partial charge in [0.25, 0.3) is 5.91 Å². The van der Waals surface area contributed by atoms with Gasteiger partial charge in [-0.2, -0.15) is 0 Å². The highest BCUT2D eigenvalue weighted by molar-refractivity contribution is 5.94. The third kappa shape index (κ3) is 4.95. The third-order valence-corrected chi connectivity index (χ3v) is 2.70. The average molecular weight is 268 g/mol. The Morgan fingerprint density at radius 3 is 2.74 bits per heavy atom. The molecule has 0 fully saturated rings. The molecule has 1 amide bonds. The average Bonchev–Trinajstić information content (AvgIpc) is 2.33. The molecule has 0 aliphatic heterocycles. The highest BCUT2D eigenvalue weighted by Crippen LogP contribution is 2.12. The smallest absolute Gasteiger partial charge is 0.303 e. The minimum absolute atomic E-state index is 0.0110. The zero-order valence-corrected chi connectivity index (χ0v) is 10.6. The maximum atomic E-state index is 13.5. The molecule has 0 aliphatic rings. The summed E-state index contributed by atoms with van der Waals surface area (Å²) in [6.45, 7) is 2.12. The Labute approximate surface area is 110 Å². The molecule has 1 aromatic rings. The molecule has 0 bridgehead atoms. The molecule has 0 spiro atoms. The first-order valence-corrected chi connectivity index (χ1v) is 5.95. The lowest BCUT2D eigenvalue weighted by Gasteiger charge is -2.12. The SMILES string of the molecule is CC(CCC(=O)O)CNC(=O)c1ccc(N)cc1F. The van der Waals surface area contributed by atoms with E-state index in [2.05, 4.69) is 5.32 Å². The Hall–Kier alpha value is -2.11. The topological polar surface area (TPSA) is 92.4 Å². The fraction of sp³-hybridized carbons (Fsp3) is 0.385. The van der Waals surface area contributed by atoms with Crippen LogP contribution in [0.2, 0.25) is 0 Å². The van der Waals surface area contributed by atoms with E-state index in [-0.39, 0.29) is 23.6 Å². The maximum Gasteiger partial charge on any atom is 0.303 e. The molecule has 1 atom stereocenters. The number of aliphatic carboxylic acids is 1. The summed E-state index contributed by atoms with van der Waals surface area (Å²) in [6, 6.07) is 3.86. The van der Waals surface area contributed by atoms with Crippen molar-refractivity contribution in [1.82, 2.24) is 5.32 Å². The van der Waals surface area contributed by atoms with Gasteiger partial charge in [-0.3, -0.25) is 9.59 Å². The first-order chi connectivity index (χ1) is 8.90. The van der Waals surface area contributed by atoms with Crippen molar-refractivity contribution in [2.24, 2.45) is 5.92 Å². The predicted molar refractivity (Wildman–Crippen MR) is 69.2 cm³/mol. The predicted octanol–water partition coefficient (Wildman–Crippen LogP) is 1.64. The molecule has 0 radical (unpaired) electrons. The molecule has 1 aromatic carbocycles. The summed E-state index contributed by atoms with van der Waals surface area (Å²) in [7, 11) is 0. The van der Waals surface area contributed by atoms with Crippen LogP contribution in [0, 0.1) is 11.7 Å². The van der Waals surface area contributed by atoms with Gasteiger partial charge in [0.05, 0.1) is 5.56 Å². The minimum atomic E-state index is -0.872. The normalized spacial score (nSPS) is 11.9. The number of carboxylic acid groups (broad SMARTS) is 1. The molecule has 104 valence electrons. The molecule has 6 heteroatoms. The summed E-state index contributed by atoms with van der Waals surface area (Å²) in [5.74, 6) is -2.06. The number of benzene rings is 1. The van der Waals surface area contributed by atoms with Gasteiger partial charge in [-0.25, -0.2) is 4.39 Å². The second-order valence-corrected chi connectivity index (χ2v) is 4.49. The summed E-state index contributed by atoms with van der Waals surface area (Å²) in [6.07, 6.45) is 0.507. The van der Waals surface area contributed by atoms with Crippen molar-refractivity contribution in [2.45, 2.75) is 19.8 Å². The number of nitrogens with one attached hydrogen (secondary N) is 1. The Morgan fingerprint density at radius 1 is 1.47 bits per heavy atom. The van der Waals surface area contributed by atoms with E-state index in [1.807, 2.05) is 6.92 Å². The Morgan fingerprint density at radius 2 is 2.16 bits per heavy atom. The van der Waals surface area contributed by atoms with E-state index in [0.29, 0.717) is 13.0 Å². The van der Waals surface area contributed by atoms with Gasteiger partial charge >= 0.3 is 5.97 Å². The van der Waals surface area contributed by atoms with Gasteiger partial charge in [-0.05, 0) is 30.5 Å². The van der Waals surface area contributed by atoms with Crippen LogP contribution in [0.25, 0.3) is 0 Å². The number of carbonyl (C=O) groups is 2. The molecule has 4 N–H and O–H groups in total. The minimum Gasteiger partial charge on any atom is -0.481 e. The van der Waals surface area contributed by atoms with E-state index in [0.717, 1.165) is 6.07 Å². The summed E-state index contributed by atoms with van der Waals surface area (Å²) in [5, 5.41) is 11.1. The molecule has 0 saturated carbocycles. The van der Waals surface area contributed by atoms with E-state index in [1.165, 1.54) is 12.1 Å². The lowest BCUT2D eigenvalue weighted by atomic mass is 10.1. The van der Waals surface area contributed by atoms with Crippen LogP contribution in [0.1, 0.15) is 30.1 Å². The van der Waals surface area contributed by atoms with Crippen LogP contribution in [0.5, 0.6) is 0 Å². The summed E-state index contributed by atoms with van der Waals surface area (Å²) < 4.78 is 13.5. The van der Waals surface area contributed by atoms with Gasteiger partial charge in [-0.15, -0.1) is 0 Å². The van der Waals surface area contributed by atoms with Crippen molar-refractivity contribution in [2.75, 3.05) is 12.3 Å². The van der Waals surface area contributed by atoms with Crippen LogP contribution in [0.3, 0.4) is 0 Å². The first kappa shape index (κ1) is 14.9. The van der Waals surface area contributed by atoms with Crippen molar-refractivity contribution in [3.05, 3.63) is 29.6 Å². The second kappa shape index (κ2) is 6.72.